The van der Waals surface area contributed by atoms with Crippen molar-refractivity contribution in [3.05, 3.63) is 38.9 Å². The molecule has 1 atom stereocenters. The van der Waals surface area contributed by atoms with Crippen molar-refractivity contribution in [3.8, 4) is 0 Å². The number of halogens is 1. The molecule has 1 unspecified atom stereocenters. The monoisotopic (exact) mass is 311 g/mol. The van der Waals surface area contributed by atoms with Gasteiger partial charge in [-0.1, -0.05) is 18.0 Å². The van der Waals surface area contributed by atoms with E-state index < -0.39 is 4.92 Å². The number of rotatable bonds is 4. The Bertz CT molecular complexity index is 544. The average molecular weight is 312 g/mol. The van der Waals surface area contributed by atoms with Gasteiger partial charge in [0, 0.05) is 42.4 Å². The number of nitro groups is 1. The van der Waals surface area contributed by atoms with Crippen LogP contribution in [-0.2, 0) is 0 Å². The average Bonchev–Trinajstić information content (AvgIpc) is 2.46. The first-order valence-corrected chi connectivity index (χ1v) is 7.29. The molecule has 7 heteroatoms. The molecule has 0 saturated carbocycles. The quantitative estimate of drug-likeness (QED) is 0.684. The van der Waals surface area contributed by atoms with E-state index >= 15 is 0 Å². The third-order valence-corrected chi connectivity index (χ3v) is 3.81. The second-order valence-corrected chi connectivity index (χ2v) is 5.72. The highest BCUT2D eigenvalue weighted by Crippen LogP contribution is 2.22. The number of hydrogen-bond acceptors (Lipinski definition) is 4. The molecule has 1 heterocycles. The van der Waals surface area contributed by atoms with Crippen LogP contribution in [0.15, 0.2) is 18.2 Å². The Labute approximate surface area is 128 Å². The van der Waals surface area contributed by atoms with Crippen molar-refractivity contribution in [2.24, 2.45) is 0 Å². The zero-order valence-corrected chi connectivity index (χ0v) is 12.6. The Morgan fingerprint density at radius 1 is 1.48 bits per heavy atom. The fourth-order valence-electron chi connectivity index (χ4n) is 2.52. The Balaban J connectivity index is 2.09. The number of carbonyl (C=O) groups is 1. The zero-order chi connectivity index (χ0) is 15.4. The summed E-state index contributed by atoms with van der Waals surface area (Å²) in [7, 11) is 1.70. The van der Waals surface area contributed by atoms with Crippen LogP contribution < -0.4 is 5.32 Å². The highest BCUT2D eigenvalue weighted by molar-refractivity contribution is 6.31. The molecule has 1 amide bonds. The largest absolute Gasteiger partial charge is 0.340 e. The molecule has 0 radical (unpaired) electrons. The smallest absolute Gasteiger partial charge is 0.271 e. The molecule has 0 bridgehead atoms. The maximum atomic E-state index is 12.4. The lowest BCUT2D eigenvalue weighted by molar-refractivity contribution is -0.384. The zero-order valence-electron chi connectivity index (χ0n) is 11.8. The summed E-state index contributed by atoms with van der Waals surface area (Å²) in [5.41, 5.74) is 0.0718. The van der Waals surface area contributed by atoms with E-state index in [1.54, 1.807) is 11.9 Å². The van der Waals surface area contributed by atoms with Gasteiger partial charge < -0.3 is 10.2 Å². The number of hydrogen-bond donors (Lipinski definition) is 1. The van der Waals surface area contributed by atoms with Gasteiger partial charge in [0.1, 0.15) is 0 Å². The Morgan fingerprint density at radius 2 is 2.24 bits per heavy atom. The summed E-state index contributed by atoms with van der Waals surface area (Å²) in [6.45, 7) is 1.55. The van der Waals surface area contributed by atoms with Gasteiger partial charge in [0.05, 0.1) is 4.92 Å². The lowest BCUT2D eigenvalue weighted by Crippen LogP contribution is -2.44. The van der Waals surface area contributed by atoms with E-state index in [1.807, 2.05) is 0 Å². The number of nitro benzene ring substituents is 1. The molecular formula is C14H18ClN3O3. The van der Waals surface area contributed by atoms with Crippen molar-refractivity contribution < 1.29 is 9.72 Å². The maximum Gasteiger partial charge on any atom is 0.271 e. The summed E-state index contributed by atoms with van der Waals surface area (Å²) in [4.78, 5) is 24.2. The second kappa shape index (κ2) is 6.87. The molecular weight excluding hydrogens is 294 g/mol. The molecule has 1 saturated heterocycles. The molecule has 1 aromatic rings. The Kier molecular flexibility index (Phi) is 5.14. The number of piperidine rings is 1. The van der Waals surface area contributed by atoms with Gasteiger partial charge in [0.2, 0.25) is 0 Å². The number of nitrogens with zero attached hydrogens (tertiary/aromatic N) is 2. The third-order valence-electron chi connectivity index (χ3n) is 3.59. The second-order valence-electron chi connectivity index (χ2n) is 5.29. The van der Waals surface area contributed by atoms with Crippen LogP contribution in [0.3, 0.4) is 0 Å². The highest BCUT2D eigenvalue weighted by Gasteiger charge is 2.20. The first-order valence-electron chi connectivity index (χ1n) is 6.91. The molecule has 21 heavy (non-hydrogen) atoms. The van der Waals surface area contributed by atoms with Gasteiger partial charge in [0.25, 0.3) is 11.6 Å². The predicted octanol–water partition coefficient (Wildman–Crippen LogP) is 2.46. The van der Waals surface area contributed by atoms with Gasteiger partial charge in [-0.15, -0.1) is 0 Å². The summed E-state index contributed by atoms with van der Waals surface area (Å²) in [5.74, 6) is -0.257. The number of carbonyl (C=O) groups excluding carboxylic acids is 1. The minimum Gasteiger partial charge on any atom is -0.340 e. The molecule has 2 rings (SSSR count). The molecule has 0 aliphatic carbocycles. The lowest BCUT2D eigenvalue weighted by Gasteiger charge is -2.28. The summed E-state index contributed by atoms with van der Waals surface area (Å²) in [5, 5.41) is 14.4. The lowest BCUT2D eigenvalue weighted by atomic mass is 10.0. The van der Waals surface area contributed by atoms with E-state index in [9.17, 15) is 14.9 Å². The third kappa shape index (κ3) is 4.15. The van der Waals surface area contributed by atoms with Crippen LogP contribution in [0.4, 0.5) is 5.69 Å². The number of benzene rings is 1. The van der Waals surface area contributed by atoms with Crippen LogP contribution in [0.5, 0.6) is 0 Å². The minimum atomic E-state index is -0.550. The van der Waals surface area contributed by atoms with Crippen molar-refractivity contribution in [3.63, 3.8) is 0 Å². The summed E-state index contributed by atoms with van der Waals surface area (Å²) >= 11 is 5.85. The first-order chi connectivity index (χ1) is 9.97. The molecule has 114 valence electrons. The molecule has 1 aliphatic rings. The van der Waals surface area contributed by atoms with E-state index in [0.717, 1.165) is 25.8 Å². The van der Waals surface area contributed by atoms with E-state index in [0.29, 0.717) is 6.54 Å². The van der Waals surface area contributed by atoms with Crippen molar-refractivity contribution in [2.75, 3.05) is 20.1 Å². The van der Waals surface area contributed by atoms with Crippen LogP contribution >= 0.6 is 11.6 Å². The molecule has 1 aromatic carbocycles. The fourth-order valence-corrected chi connectivity index (χ4v) is 2.75. The van der Waals surface area contributed by atoms with Crippen LogP contribution in [0.2, 0.25) is 5.02 Å². The van der Waals surface area contributed by atoms with Gasteiger partial charge >= 0.3 is 0 Å². The van der Waals surface area contributed by atoms with Gasteiger partial charge in [-0.2, -0.15) is 0 Å². The van der Waals surface area contributed by atoms with Gasteiger partial charge in [-0.05, 0) is 25.5 Å². The normalized spacial score (nSPS) is 18.3. The molecule has 1 fully saturated rings. The van der Waals surface area contributed by atoms with Crippen LogP contribution in [0.1, 0.15) is 29.6 Å². The number of amides is 1. The molecule has 1 N–H and O–H groups in total. The summed E-state index contributed by atoms with van der Waals surface area (Å²) in [6, 6.07) is 4.24. The Morgan fingerprint density at radius 3 is 2.86 bits per heavy atom. The van der Waals surface area contributed by atoms with E-state index in [4.69, 9.17) is 11.6 Å². The molecule has 0 spiro atoms. The van der Waals surface area contributed by atoms with E-state index in [2.05, 4.69) is 5.32 Å². The van der Waals surface area contributed by atoms with Crippen molar-refractivity contribution in [2.45, 2.75) is 25.3 Å². The van der Waals surface area contributed by atoms with Crippen molar-refractivity contribution in [1.82, 2.24) is 10.2 Å². The van der Waals surface area contributed by atoms with Crippen LogP contribution in [-0.4, -0.2) is 41.9 Å². The minimum absolute atomic E-state index is 0.171. The number of likely N-dealkylation sites (N-methyl/N-ethyl adjacent to an activating group) is 1. The van der Waals surface area contributed by atoms with Crippen LogP contribution in [0, 0.1) is 10.1 Å². The first kappa shape index (κ1) is 15.7. The van der Waals surface area contributed by atoms with Crippen molar-refractivity contribution >= 4 is 23.2 Å². The predicted molar refractivity (Wildman–Crippen MR) is 80.7 cm³/mol. The number of nitrogens with one attached hydrogen (secondary N) is 1. The van der Waals surface area contributed by atoms with E-state index in [-0.39, 0.29) is 28.2 Å². The maximum absolute atomic E-state index is 12.4. The van der Waals surface area contributed by atoms with Crippen LogP contribution in [0.25, 0.3) is 0 Å². The Hall–Kier alpha value is -1.66. The summed E-state index contributed by atoms with van der Waals surface area (Å²) in [6.07, 6.45) is 3.35. The fraction of sp³-hybridized carbons (Fsp3) is 0.500. The topological polar surface area (TPSA) is 75.5 Å². The summed E-state index contributed by atoms with van der Waals surface area (Å²) < 4.78 is 0. The SMILES string of the molecule is CN(CC1CCCCN1)C(=O)c1cc(Cl)cc([N+](=O)[O-])c1. The standard InChI is InChI=1S/C14H18ClN3O3/c1-17(9-12-4-2-3-5-16-12)14(19)10-6-11(15)8-13(7-10)18(20)21/h6-8,12,16H,2-5,9H2,1H3. The van der Waals surface area contributed by atoms with E-state index in [1.165, 1.54) is 18.2 Å². The molecule has 6 nitrogen and oxygen atoms in total. The number of non-ortho nitro benzene ring substituents is 1. The molecule has 1 aliphatic heterocycles. The van der Waals surface area contributed by atoms with Gasteiger partial charge in [0.15, 0.2) is 0 Å². The van der Waals surface area contributed by atoms with Gasteiger partial charge in [-0.3, -0.25) is 14.9 Å². The van der Waals surface area contributed by atoms with Crippen molar-refractivity contribution in [1.29, 1.82) is 0 Å². The van der Waals surface area contributed by atoms with Gasteiger partial charge in [-0.25, -0.2) is 0 Å². The highest BCUT2D eigenvalue weighted by atomic mass is 35.5. The molecule has 0 aromatic heterocycles.